The Morgan fingerprint density at radius 2 is 2.17 bits per heavy atom. The second kappa shape index (κ2) is 9.14. The highest BCUT2D eigenvalue weighted by molar-refractivity contribution is 9.10. The lowest BCUT2D eigenvalue weighted by Crippen LogP contribution is -2.34. The molecule has 7 nitrogen and oxygen atoms in total. The first-order chi connectivity index (χ1) is 13.8. The van der Waals surface area contributed by atoms with Crippen molar-refractivity contribution >= 4 is 61.0 Å². The number of nitrogens with one attached hydrogen (secondary N) is 1. The van der Waals surface area contributed by atoms with Crippen molar-refractivity contribution in [3.63, 3.8) is 0 Å². The number of thiazole rings is 1. The summed E-state index contributed by atoms with van der Waals surface area (Å²) in [6.07, 6.45) is 0.0226. The van der Waals surface area contributed by atoms with Crippen molar-refractivity contribution < 1.29 is 23.8 Å². The quantitative estimate of drug-likeness (QED) is 0.424. The topological polar surface area (TPSA) is 101 Å². The molecule has 3 rings (SSSR count). The van der Waals surface area contributed by atoms with E-state index in [4.69, 9.17) is 0 Å². The van der Waals surface area contributed by atoms with Crippen molar-refractivity contribution in [1.82, 2.24) is 10.3 Å². The van der Waals surface area contributed by atoms with Crippen LogP contribution in [0.4, 0.5) is 4.39 Å². The van der Waals surface area contributed by atoms with Crippen LogP contribution in [0.3, 0.4) is 0 Å². The maximum atomic E-state index is 13.5. The van der Waals surface area contributed by atoms with Crippen LogP contribution in [0, 0.1) is 5.82 Å². The van der Waals surface area contributed by atoms with Gasteiger partial charge in [0.05, 0.1) is 24.8 Å². The number of carbonyl (C=O) groups is 2. The van der Waals surface area contributed by atoms with E-state index in [9.17, 15) is 19.1 Å². The number of hydrogen-bond donors (Lipinski definition) is 2. The number of ether oxygens (including phenoxy) is 1. The highest BCUT2D eigenvalue weighted by Crippen LogP contribution is 2.36. The average molecular weight is 547 g/mol. The van der Waals surface area contributed by atoms with Crippen LogP contribution in [-0.4, -0.2) is 40.3 Å². The monoisotopic (exact) mass is 545 g/mol. The molecule has 0 radical (unpaired) electrons. The number of alkyl halides is 1. The number of amidine groups is 1. The van der Waals surface area contributed by atoms with E-state index in [1.165, 1.54) is 36.6 Å². The Hall–Kier alpha value is -2.11. The first-order valence-electron chi connectivity index (χ1n) is 8.17. The Morgan fingerprint density at radius 1 is 1.41 bits per heavy atom. The van der Waals surface area contributed by atoms with Crippen molar-refractivity contribution in [2.75, 3.05) is 12.4 Å². The van der Waals surface area contributed by atoms with Gasteiger partial charge in [-0.25, -0.2) is 14.2 Å². The minimum Gasteiger partial charge on any atom is -0.478 e. The molecule has 1 aromatic carbocycles. The molecule has 2 heterocycles. The number of halogens is 3. The zero-order valence-corrected chi connectivity index (χ0v) is 18.9. The lowest BCUT2D eigenvalue weighted by atomic mass is 9.96. The van der Waals surface area contributed by atoms with E-state index in [-0.39, 0.29) is 17.3 Å². The second-order valence-corrected chi connectivity index (χ2v) is 8.17. The number of nitrogens with zero attached hydrogens (tertiary/aromatic N) is 2. The summed E-state index contributed by atoms with van der Waals surface area (Å²) >= 11 is 7.87. The summed E-state index contributed by atoms with van der Waals surface area (Å²) in [4.78, 5) is 32.4. The van der Waals surface area contributed by atoms with Gasteiger partial charge in [-0.05, 0) is 17.7 Å². The van der Waals surface area contributed by atoms with Gasteiger partial charge in [-0.3, -0.25) is 9.79 Å². The molecule has 0 fully saturated rings. The number of rotatable bonds is 6. The summed E-state index contributed by atoms with van der Waals surface area (Å²) in [6.45, 7) is 0. The lowest BCUT2D eigenvalue weighted by Gasteiger charge is -2.25. The highest BCUT2D eigenvalue weighted by atomic mass is 79.9. The normalized spacial score (nSPS) is 16.3. The lowest BCUT2D eigenvalue weighted by molar-refractivity contribution is -0.140. The Bertz CT molecular complexity index is 1040. The molecule has 2 N–H and O–H groups in total. The first-order valence-corrected chi connectivity index (χ1v) is 11.0. The third kappa shape index (κ3) is 4.73. The summed E-state index contributed by atoms with van der Waals surface area (Å²) in [7, 11) is 1.30. The molecule has 0 saturated carbocycles. The van der Waals surface area contributed by atoms with E-state index < -0.39 is 23.8 Å². The number of aliphatic imine (C=N–C) groups is 1. The molecule has 1 aliphatic heterocycles. The number of carbonyl (C=O) groups excluding carboxylic acids is 1. The molecule has 11 heteroatoms. The third-order valence-corrected chi connectivity index (χ3v) is 6.20. The molecule has 0 bridgehead atoms. The van der Waals surface area contributed by atoms with Crippen LogP contribution in [0.15, 0.2) is 44.3 Å². The zero-order valence-electron chi connectivity index (χ0n) is 14.9. The maximum absolute atomic E-state index is 13.5. The van der Waals surface area contributed by atoms with Crippen LogP contribution < -0.4 is 5.32 Å². The number of benzene rings is 1. The number of allylic oxidation sites excluding steroid dienone is 1. The molecule has 2 aromatic rings. The van der Waals surface area contributed by atoms with Gasteiger partial charge in [-0.1, -0.05) is 37.9 Å². The van der Waals surface area contributed by atoms with Gasteiger partial charge in [0.2, 0.25) is 0 Å². The summed E-state index contributed by atoms with van der Waals surface area (Å²) < 4.78 is 18.6. The van der Waals surface area contributed by atoms with Gasteiger partial charge in [0, 0.05) is 20.9 Å². The van der Waals surface area contributed by atoms with Crippen molar-refractivity contribution in [3.05, 3.63) is 61.4 Å². The van der Waals surface area contributed by atoms with Gasteiger partial charge in [-0.15, -0.1) is 11.3 Å². The predicted octanol–water partition coefficient (Wildman–Crippen LogP) is 3.58. The molecule has 1 unspecified atom stereocenters. The molecule has 0 spiro atoms. The van der Waals surface area contributed by atoms with Crippen molar-refractivity contribution in [3.8, 4) is 0 Å². The van der Waals surface area contributed by atoms with Gasteiger partial charge < -0.3 is 15.2 Å². The fourth-order valence-corrected chi connectivity index (χ4v) is 4.51. The number of carboxylic acid groups (broad SMARTS) is 1. The van der Waals surface area contributed by atoms with E-state index in [0.717, 1.165) is 0 Å². The van der Waals surface area contributed by atoms with Gasteiger partial charge in [0.1, 0.15) is 11.9 Å². The predicted molar refractivity (Wildman–Crippen MR) is 113 cm³/mol. The van der Waals surface area contributed by atoms with Crippen LogP contribution in [0.1, 0.15) is 22.3 Å². The Labute approximate surface area is 186 Å². The first kappa shape index (κ1) is 21.6. The van der Waals surface area contributed by atoms with Crippen molar-refractivity contribution in [2.24, 2.45) is 4.99 Å². The molecule has 1 aromatic heterocycles. The van der Waals surface area contributed by atoms with Gasteiger partial charge >= 0.3 is 11.9 Å². The largest absolute Gasteiger partial charge is 0.478 e. The molecule has 1 aliphatic rings. The number of carboxylic acids is 1. The van der Waals surface area contributed by atoms with Gasteiger partial charge in [-0.2, -0.15) is 0 Å². The minimum absolute atomic E-state index is 0.0226. The van der Waals surface area contributed by atoms with Gasteiger partial charge in [0.15, 0.2) is 10.8 Å². The number of aromatic nitrogens is 1. The molecule has 1 atom stereocenters. The summed E-state index contributed by atoms with van der Waals surface area (Å²) in [5, 5.41) is 15.2. The fraction of sp³-hybridized carbons (Fsp3) is 0.222. The molecule has 0 amide bonds. The van der Waals surface area contributed by atoms with Crippen LogP contribution in [0.5, 0.6) is 0 Å². The summed E-state index contributed by atoms with van der Waals surface area (Å²) in [5.41, 5.74) is 1.49. The molecule has 0 saturated heterocycles. The van der Waals surface area contributed by atoms with Crippen LogP contribution >= 0.6 is 43.2 Å². The van der Waals surface area contributed by atoms with Gasteiger partial charge in [0.25, 0.3) is 0 Å². The minimum atomic E-state index is -1.14. The van der Waals surface area contributed by atoms with E-state index in [1.807, 2.05) is 0 Å². The second-order valence-electron chi connectivity index (χ2n) is 5.90. The molecular weight excluding hydrogens is 533 g/mol. The standard InChI is InChI=1S/C18H14Br2FN3O4S/c1-28-13(25)5-9-7-29-17(22-9)16-23-12(6-19)14(18(26)27)15(24-16)10-3-2-8(21)4-11(10)20/h2-4,7,15H,5-6H2,1H3,(H,23,24)(H,26,27). The molecule has 152 valence electrons. The Morgan fingerprint density at radius 3 is 2.79 bits per heavy atom. The highest BCUT2D eigenvalue weighted by Gasteiger charge is 2.32. The molecule has 29 heavy (non-hydrogen) atoms. The van der Waals surface area contributed by atoms with E-state index in [2.05, 4.69) is 51.9 Å². The smallest absolute Gasteiger partial charge is 0.335 e. The molecular formula is C18H14Br2FN3O4S. The summed E-state index contributed by atoms with van der Waals surface area (Å²) in [6, 6.07) is 3.13. The van der Waals surface area contributed by atoms with Crippen LogP contribution in [-0.2, 0) is 20.7 Å². The zero-order chi connectivity index (χ0) is 21.1. The van der Waals surface area contributed by atoms with E-state index in [1.54, 1.807) is 5.38 Å². The van der Waals surface area contributed by atoms with Crippen molar-refractivity contribution in [1.29, 1.82) is 0 Å². The third-order valence-electron chi connectivity index (χ3n) is 4.05. The fourth-order valence-electron chi connectivity index (χ4n) is 2.73. The SMILES string of the molecule is COC(=O)Cc1csc(C2=NC(c3ccc(F)cc3Br)C(C(=O)O)=C(CBr)N2)n1. The van der Waals surface area contributed by atoms with E-state index in [0.29, 0.717) is 32.3 Å². The van der Waals surface area contributed by atoms with Crippen LogP contribution in [0.2, 0.25) is 0 Å². The average Bonchev–Trinajstić information content (AvgIpc) is 3.15. The Balaban J connectivity index is 2.06. The Kier molecular flexibility index (Phi) is 6.81. The number of hydrogen-bond acceptors (Lipinski definition) is 7. The van der Waals surface area contributed by atoms with E-state index >= 15 is 0 Å². The number of aliphatic carboxylic acids is 1. The number of esters is 1. The number of methoxy groups -OCH3 is 1. The van der Waals surface area contributed by atoms with Crippen molar-refractivity contribution in [2.45, 2.75) is 12.5 Å². The summed E-state index contributed by atoms with van der Waals surface area (Å²) in [5.74, 6) is -1.64. The maximum Gasteiger partial charge on any atom is 0.335 e. The molecule has 0 aliphatic carbocycles. The van der Waals surface area contributed by atoms with Crippen LogP contribution in [0.25, 0.3) is 0 Å².